The Bertz CT molecular complexity index is 895. The summed E-state index contributed by atoms with van der Waals surface area (Å²) in [4.78, 5) is 12.0. The first kappa shape index (κ1) is 17.3. The van der Waals surface area contributed by atoms with E-state index in [9.17, 15) is 4.79 Å². The summed E-state index contributed by atoms with van der Waals surface area (Å²) >= 11 is 3.37. The first-order valence-corrected chi connectivity index (χ1v) is 8.65. The van der Waals surface area contributed by atoms with Gasteiger partial charge in [0.25, 0.3) is 5.91 Å². The number of halogens is 1. The van der Waals surface area contributed by atoms with E-state index < -0.39 is 0 Å². The molecular weight excluding hydrogens is 382 g/mol. The van der Waals surface area contributed by atoms with Gasteiger partial charge in [-0.15, -0.1) is 0 Å². The minimum absolute atomic E-state index is 0.0127. The fourth-order valence-electron chi connectivity index (χ4n) is 2.47. The van der Waals surface area contributed by atoms with Crippen LogP contribution in [0.4, 0.5) is 0 Å². The SMILES string of the molecule is COc1ccc2cc(CNC(=O)COc3cccc(Br)c3)ccc2c1. The van der Waals surface area contributed by atoms with Crippen molar-refractivity contribution in [1.82, 2.24) is 5.32 Å². The number of rotatable bonds is 6. The second-order valence-corrected chi connectivity index (χ2v) is 6.49. The Hall–Kier alpha value is -2.53. The highest BCUT2D eigenvalue weighted by Crippen LogP contribution is 2.22. The molecular formula is C20H18BrNO3. The third-order valence-corrected chi connectivity index (χ3v) is 4.26. The van der Waals surface area contributed by atoms with Gasteiger partial charge in [-0.3, -0.25) is 4.79 Å². The van der Waals surface area contributed by atoms with E-state index in [1.54, 1.807) is 7.11 Å². The van der Waals surface area contributed by atoms with Crippen LogP contribution in [0.5, 0.6) is 11.5 Å². The van der Waals surface area contributed by atoms with Gasteiger partial charge in [-0.25, -0.2) is 0 Å². The van der Waals surface area contributed by atoms with Crippen molar-refractivity contribution < 1.29 is 14.3 Å². The minimum atomic E-state index is -0.158. The van der Waals surface area contributed by atoms with Gasteiger partial charge < -0.3 is 14.8 Å². The van der Waals surface area contributed by atoms with Gasteiger partial charge in [-0.2, -0.15) is 0 Å². The van der Waals surface area contributed by atoms with Crippen molar-refractivity contribution in [2.24, 2.45) is 0 Å². The van der Waals surface area contributed by atoms with Crippen LogP contribution in [0.2, 0.25) is 0 Å². The highest BCUT2D eigenvalue weighted by molar-refractivity contribution is 9.10. The van der Waals surface area contributed by atoms with E-state index in [-0.39, 0.29) is 12.5 Å². The molecule has 0 saturated carbocycles. The lowest BCUT2D eigenvalue weighted by Gasteiger charge is -2.09. The number of fused-ring (bicyclic) bond motifs is 1. The third kappa shape index (κ3) is 4.73. The largest absolute Gasteiger partial charge is 0.497 e. The molecule has 1 N–H and O–H groups in total. The Labute approximate surface area is 154 Å². The van der Waals surface area contributed by atoms with Crippen LogP contribution in [-0.4, -0.2) is 19.6 Å². The van der Waals surface area contributed by atoms with Crippen molar-refractivity contribution in [3.63, 3.8) is 0 Å². The summed E-state index contributed by atoms with van der Waals surface area (Å²) in [6.07, 6.45) is 0. The normalized spacial score (nSPS) is 10.5. The van der Waals surface area contributed by atoms with Crippen LogP contribution in [0.3, 0.4) is 0 Å². The molecule has 128 valence electrons. The summed E-state index contributed by atoms with van der Waals surface area (Å²) in [6, 6.07) is 19.4. The van der Waals surface area contributed by atoms with E-state index in [2.05, 4.69) is 27.3 Å². The Kier molecular flexibility index (Phi) is 5.56. The topological polar surface area (TPSA) is 47.6 Å². The number of ether oxygens (including phenoxy) is 2. The molecule has 0 bridgehead atoms. The van der Waals surface area contributed by atoms with Crippen LogP contribution >= 0.6 is 15.9 Å². The Morgan fingerprint density at radius 1 is 1.00 bits per heavy atom. The number of methoxy groups -OCH3 is 1. The molecule has 0 aromatic heterocycles. The summed E-state index contributed by atoms with van der Waals surface area (Å²) in [5, 5.41) is 5.08. The van der Waals surface area contributed by atoms with Crippen molar-refractivity contribution >= 4 is 32.6 Å². The molecule has 5 heteroatoms. The molecule has 3 rings (SSSR count). The number of carbonyl (C=O) groups excluding carboxylic acids is 1. The molecule has 3 aromatic carbocycles. The summed E-state index contributed by atoms with van der Waals surface area (Å²) in [7, 11) is 1.65. The molecule has 25 heavy (non-hydrogen) atoms. The van der Waals surface area contributed by atoms with Crippen molar-refractivity contribution in [2.45, 2.75) is 6.54 Å². The second-order valence-electron chi connectivity index (χ2n) is 5.57. The predicted molar refractivity (Wildman–Crippen MR) is 102 cm³/mol. The van der Waals surface area contributed by atoms with Gasteiger partial charge in [0.05, 0.1) is 7.11 Å². The van der Waals surface area contributed by atoms with Crippen LogP contribution in [-0.2, 0) is 11.3 Å². The minimum Gasteiger partial charge on any atom is -0.497 e. The van der Waals surface area contributed by atoms with Gasteiger partial charge >= 0.3 is 0 Å². The van der Waals surface area contributed by atoms with Crippen LogP contribution in [0, 0.1) is 0 Å². The van der Waals surface area contributed by atoms with Crippen molar-refractivity contribution in [3.8, 4) is 11.5 Å². The zero-order valence-corrected chi connectivity index (χ0v) is 15.4. The van der Waals surface area contributed by atoms with Crippen LogP contribution in [0.25, 0.3) is 10.8 Å². The standard InChI is InChI=1S/C20H18BrNO3/c1-24-18-8-7-15-9-14(5-6-16(15)10-18)12-22-20(23)13-25-19-4-2-3-17(21)11-19/h2-11H,12-13H2,1H3,(H,22,23). The Balaban J connectivity index is 1.55. The lowest BCUT2D eigenvalue weighted by molar-refractivity contribution is -0.123. The second kappa shape index (κ2) is 8.03. The molecule has 0 radical (unpaired) electrons. The molecule has 0 spiro atoms. The molecule has 0 heterocycles. The molecule has 0 aliphatic heterocycles. The maximum Gasteiger partial charge on any atom is 0.258 e. The van der Waals surface area contributed by atoms with E-state index in [1.165, 1.54) is 0 Å². The van der Waals surface area contributed by atoms with Crippen LogP contribution < -0.4 is 14.8 Å². The van der Waals surface area contributed by atoms with Gasteiger partial charge in [0, 0.05) is 11.0 Å². The van der Waals surface area contributed by atoms with Gasteiger partial charge in [-0.1, -0.05) is 40.2 Å². The fraction of sp³-hybridized carbons (Fsp3) is 0.150. The summed E-state index contributed by atoms with van der Waals surface area (Å²) in [5.41, 5.74) is 1.04. The zero-order chi connectivity index (χ0) is 17.6. The number of hydrogen-bond donors (Lipinski definition) is 1. The molecule has 0 fully saturated rings. The summed E-state index contributed by atoms with van der Waals surface area (Å²) < 4.78 is 11.6. The van der Waals surface area contributed by atoms with Crippen LogP contribution in [0.1, 0.15) is 5.56 Å². The first-order valence-electron chi connectivity index (χ1n) is 7.86. The maximum absolute atomic E-state index is 12.0. The summed E-state index contributed by atoms with van der Waals surface area (Å²) in [6.45, 7) is 0.448. The molecule has 0 atom stereocenters. The summed E-state index contributed by atoms with van der Waals surface area (Å²) in [5.74, 6) is 1.33. The molecule has 4 nitrogen and oxygen atoms in total. The molecule has 3 aromatic rings. The Morgan fingerprint density at radius 3 is 2.60 bits per heavy atom. The fourth-order valence-corrected chi connectivity index (χ4v) is 2.85. The average molecular weight is 400 g/mol. The Morgan fingerprint density at radius 2 is 1.80 bits per heavy atom. The number of benzene rings is 3. The first-order chi connectivity index (χ1) is 12.1. The molecule has 0 aliphatic rings. The lowest BCUT2D eigenvalue weighted by atomic mass is 10.1. The quantitative estimate of drug-likeness (QED) is 0.671. The van der Waals surface area contributed by atoms with Gasteiger partial charge in [0.2, 0.25) is 0 Å². The molecule has 0 unspecified atom stereocenters. The third-order valence-electron chi connectivity index (χ3n) is 3.77. The van der Waals surface area contributed by atoms with Crippen LogP contribution in [0.15, 0.2) is 65.1 Å². The van der Waals surface area contributed by atoms with E-state index in [0.717, 1.165) is 26.6 Å². The highest BCUT2D eigenvalue weighted by atomic mass is 79.9. The van der Waals surface area contributed by atoms with Crippen molar-refractivity contribution in [1.29, 1.82) is 0 Å². The average Bonchev–Trinajstić information content (AvgIpc) is 2.64. The highest BCUT2D eigenvalue weighted by Gasteiger charge is 2.04. The molecule has 0 saturated heterocycles. The van der Waals surface area contributed by atoms with Crippen molar-refractivity contribution in [2.75, 3.05) is 13.7 Å². The van der Waals surface area contributed by atoms with Gasteiger partial charge in [-0.05, 0) is 52.7 Å². The monoisotopic (exact) mass is 399 g/mol. The number of amides is 1. The number of nitrogens with one attached hydrogen (secondary N) is 1. The zero-order valence-electron chi connectivity index (χ0n) is 13.8. The molecule has 0 aliphatic carbocycles. The lowest BCUT2D eigenvalue weighted by Crippen LogP contribution is -2.28. The van der Waals surface area contributed by atoms with Crippen molar-refractivity contribution in [3.05, 3.63) is 70.7 Å². The number of hydrogen-bond acceptors (Lipinski definition) is 3. The maximum atomic E-state index is 12.0. The van der Waals surface area contributed by atoms with E-state index >= 15 is 0 Å². The smallest absolute Gasteiger partial charge is 0.258 e. The molecule has 1 amide bonds. The van der Waals surface area contributed by atoms with E-state index in [4.69, 9.17) is 9.47 Å². The predicted octanol–water partition coefficient (Wildman–Crippen LogP) is 4.31. The van der Waals surface area contributed by atoms with Gasteiger partial charge in [0.15, 0.2) is 6.61 Å². The van der Waals surface area contributed by atoms with Gasteiger partial charge in [0.1, 0.15) is 11.5 Å². The number of carbonyl (C=O) groups is 1. The van der Waals surface area contributed by atoms with E-state index in [1.807, 2.05) is 54.6 Å². The van der Waals surface area contributed by atoms with E-state index in [0.29, 0.717) is 12.3 Å².